The van der Waals surface area contributed by atoms with Crippen LogP contribution in [0.2, 0.25) is 0 Å². The summed E-state index contributed by atoms with van der Waals surface area (Å²) in [6, 6.07) is 8.06. The lowest BCUT2D eigenvalue weighted by atomic mass is 10.1. The molecule has 84 valence electrons. The highest BCUT2D eigenvalue weighted by atomic mass is 15.3. The van der Waals surface area contributed by atoms with Crippen LogP contribution in [0.1, 0.15) is 5.56 Å². The Morgan fingerprint density at radius 2 is 2.12 bits per heavy atom. The minimum absolute atomic E-state index is 0.561. The van der Waals surface area contributed by atoms with E-state index in [9.17, 15) is 0 Å². The number of benzene rings is 1. The number of aromatic nitrogens is 3. The molecule has 3 aromatic rings. The first-order chi connectivity index (χ1) is 8.25. The molecule has 0 aliphatic rings. The molecule has 4 nitrogen and oxygen atoms in total. The monoisotopic (exact) mass is 224 g/mol. The summed E-state index contributed by atoms with van der Waals surface area (Å²) in [5, 5.41) is 6.51. The molecule has 0 saturated heterocycles. The number of anilines is 1. The number of nitrogens with zero attached hydrogens (tertiary/aromatic N) is 3. The molecule has 3 rings (SSSR count). The molecule has 0 atom stereocenters. The van der Waals surface area contributed by atoms with E-state index in [1.165, 1.54) is 0 Å². The van der Waals surface area contributed by atoms with Crippen LogP contribution >= 0.6 is 0 Å². The summed E-state index contributed by atoms with van der Waals surface area (Å²) in [5.74, 6) is 0.561. The highest BCUT2D eigenvalue weighted by molar-refractivity contribution is 5.89. The van der Waals surface area contributed by atoms with Crippen LogP contribution in [-0.4, -0.2) is 14.8 Å². The van der Waals surface area contributed by atoms with E-state index in [0.29, 0.717) is 5.82 Å². The van der Waals surface area contributed by atoms with Gasteiger partial charge in [0.25, 0.3) is 0 Å². The minimum atomic E-state index is 0.561. The average molecular weight is 224 g/mol. The summed E-state index contributed by atoms with van der Waals surface area (Å²) in [6.45, 7) is 1.95. The molecule has 0 fully saturated rings. The van der Waals surface area contributed by atoms with Crippen molar-refractivity contribution in [2.45, 2.75) is 6.92 Å². The number of aryl methyl sites for hydroxylation is 1. The summed E-state index contributed by atoms with van der Waals surface area (Å²) in [7, 11) is 0. The van der Waals surface area contributed by atoms with Gasteiger partial charge in [-0.15, -0.1) is 0 Å². The number of rotatable bonds is 1. The Morgan fingerprint density at radius 1 is 1.24 bits per heavy atom. The predicted octanol–water partition coefficient (Wildman–Crippen LogP) is 2.31. The van der Waals surface area contributed by atoms with Gasteiger partial charge >= 0.3 is 0 Å². The molecule has 2 aromatic heterocycles. The number of fused-ring (bicyclic) bond motifs is 1. The largest absolute Gasteiger partial charge is 0.382 e. The van der Waals surface area contributed by atoms with E-state index in [0.717, 1.165) is 22.0 Å². The van der Waals surface area contributed by atoms with Gasteiger partial charge in [0.15, 0.2) is 0 Å². The number of hydrogen-bond donors (Lipinski definition) is 1. The Bertz CT molecular complexity index is 660. The maximum atomic E-state index is 5.77. The van der Waals surface area contributed by atoms with Crippen molar-refractivity contribution < 1.29 is 0 Å². The summed E-state index contributed by atoms with van der Waals surface area (Å²) in [6.07, 6.45) is 5.56. The third-order valence-corrected chi connectivity index (χ3v) is 2.84. The molecule has 0 spiro atoms. The van der Waals surface area contributed by atoms with E-state index < -0.39 is 0 Å². The van der Waals surface area contributed by atoms with E-state index in [4.69, 9.17) is 5.73 Å². The molecule has 17 heavy (non-hydrogen) atoms. The van der Waals surface area contributed by atoms with Gasteiger partial charge in [-0.05, 0) is 24.4 Å². The van der Waals surface area contributed by atoms with Gasteiger partial charge < -0.3 is 5.73 Å². The molecular formula is C13H12N4. The van der Waals surface area contributed by atoms with Gasteiger partial charge in [-0.2, -0.15) is 5.10 Å². The van der Waals surface area contributed by atoms with Crippen LogP contribution < -0.4 is 5.73 Å². The van der Waals surface area contributed by atoms with Crippen molar-refractivity contribution in [3.05, 3.63) is 48.4 Å². The lowest BCUT2D eigenvalue weighted by molar-refractivity contribution is 0.892. The van der Waals surface area contributed by atoms with Crippen LogP contribution in [0, 0.1) is 6.92 Å². The zero-order chi connectivity index (χ0) is 11.8. The van der Waals surface area contributed by atoms with Crippen LogP contribution in [0.4, 0.5) is 5.82 Å². The maximum Gasteiger partial charge on any atom is 0.148 e. The van der Waals surface area contributed by atoms with Crippen LogP contribution in [-0.2, 0) is 0 Å². The van der Waals surface area contributed by atoms with Crippen molar-refractivity contribution in [2.24, 2.45) is 0 Å². The summed E-state index contributed by atoms with van der Waals surface area (Å²) in [4.78, 5) is 4.16. The molecule has 2 N–H and O–H groups in total. The van der Waals surface area contributed by atoms with Crippen molar-refractivity contribution in [3.8, 4) is 5.69 Å². The van der Waals surface area contributed by atoms with Gasteiger partial charge in [0.05, 0.1) is 5.69 Å². The van der Waals surface area contributed by atoms with Crippen molar-refractivity contribution in [2.75, 3.05) is 5.73 Å². The first kappa shape index (κ1) is 9.84. The smallest absolute Gasteiger partial charge is 0.148 e. The lowest BCUT2D eigenvalue weighted by Gasteiger charge is -2.05. The zero-order valence-electron chi connectivity index (χ0n) is 9.46. The molecule has 0 radical (unpaired) electrons. The lowest BCUT2D eigenvalue weighted by Crippen LogP contribution is -1.97. The van der Waals surface area contributed by atoms with Gasteiger partial charge in [-0.1, -0.05) is 12.1 Å². The molecule has 1 aromatic carbocycles. The average Bonchev–Trinajstić information content (AvgIpc) is 2.69. The Morgan fingerprint density at radius 3 is 2.88 bits per heavy atom. The molecule has 4 heteroatoms. The number of nitrogen functional groups attached to an aromatic ring is 1. The second-order valence-corrected chi connectivity index (χ2v) is 4.02. The van der Waals surface area contributed by atoms with Gasteiger partial charge in [0.2, 0.25) is 0 Å². The second-order valence-electron chi connectivity index (χ2n) is 4.02. The molecule has 0 amide bonds. The summed E-state index contributed by atoms with van der Waals surface area (Å²) < 4.78 is 1.80. The number of nitrogens with two attached hydrogens (primary N) is 1. The summed E-state index contributed by atoms with van der Waals surface area (Å²) >= 11 is 0. The Labute approximate surface area is 98.7 Å². The van der Waals surface area contributed by atoms with Crippen molar-refractivity contribution in [1.82, 2.24) is 14.8 Å². The van der Waals surface area contributed by atoms with Crippen LogP contribution in [0.25, 0.3) is 16.5 Å². The van der Waals surface area contributed by atoms with Crippen molar-refractivity contribution >= 4 is 16.6 Å². The zero-order valence-corrected chi connectivity index (χ0v) is 9.46. The third-order valence-electron chi connectivity index (χ3n) is 2.84. The molecule has 0 unspecified atom stereocenters. The molecule has 0 bridgehead atoms. The highest BCUT2D eigenvalue weighted by Crippen LogP contribution is 2.22. The minimum Gasteiger partial charge on any atom is -0.382 e. The number of hydrogen-bond acceptors (Lipinski definition) is 3. The topological polar surface area (TPSA) is 56.7 Å². The Kier molecular flexibility index (Phi) is 2.08. The van der Waals surface area contributed by atoms with E-state index in [2.05, 4.69) is 16.1 Å². The SMILES string of the molecule is Cc1cn(-c2cccc3ccncc23)nc1N. The van der Waals surface area contributed by atoms with Gasteiger partial charge in [0, 0.05) is 29.5 Å². The van der Waals surface area contributed by atoms with E-state index >= 15 is 0 Å². The first-order valence-corrected chi connectivity index (χ1v) is 5.40. The summed E-state index contributed by atoms with van der Waals surface area (Å²) in [5.41, 5.74) is 7.75. The first-order valence-electron chi connectivity index (χ1n) is 5.40. The number of pyridine rings is 1. The molecular weight excluding hydrogens is 212 g/mol. The van der Waals surface area contributed by atoms with Crippen molar-refractivity contribution in [3.63, 3.8) is 0 Å². The molecule has 0 saturated carbocycles. The molecule has 0 aliphatic heterocycles. The van der Waals surface area contributed by atoms with E-state index in [-0.39, 0.29) is 0 Å². The molecule has 0 aliphatic carbocycles. The molecule has 2 heterocycles. The van der Waals surface area contributed by atoms with Crippen LogP contribution in [0.3, 0.4) is 0 Å². The standard InChI is InChI=1S/C13H12N4/c1-9-8-17(16-13(9)14)12-4-2-3-10-5-6-15-7-11(10)12/h2-8H,1H3,(H2,14,16). The Hall–Kier alpha value is -2.36. The third kappa shape index (κ3) is 1.54. The maximum absolute atomic E-state index is 5.77. The second kappa shape index (κ2) is 3.59. The normalized spacial score (nSPS) is 10.9. The van der Waals surface area contributed by atoms with E-state index in [1.807, 2.05) is 37.5 Å². The fourth-order valence-electron chi connectivity index (χ4n) is 1.89. The predicted molar refractivity (Wildman–Crippen MR) is 68.0 cm³/mol. The van der Waals surface area contributed by atoms with Gasteiger partial charge in [0.1, 0.15) is 5.82 Å². The van der Waals surface area contributed by atoms with Crippen molar-refractivity contribution in [1.29, 1.82) is 0 Å². The van der Waals surface area contributed by atoms with Gasteiger partial charge in [-0.25, -0.2) is 4.68 Å². The fraction of sp³-hybridized carbons (Fsp3) is 0.0769. The van der Waals surface area contributed by atoms with Crippen LogP contribution in [0.5, 0.6) is 0 Å². The van der Waals surface area contributed by atoms with Crippen LogP contribution in [0.15, 0.2) is 42.9 Å². The fourth-order valence-corrected chi connectivity index (χ4v) is 1.89. The quantitative estimate of drug-likeness (QED) is 0.690. The van der Waals surface area contributed by atoms with Gasteiger partial charge in [-0.3, -0.25) is 4.98 Å². The Balaban J connectivity index is 2.30. The highest BCUT2D eigenvalue weighted by Gasteiger charge is 2.06. The van der Waals surface area contributed by atoms with E-state index in [1.54, 1.807) is 10.9 Å².